The molecule has 106 valence electrons. The molecule has 1 aromatic rings. The van der Waals surface area contributed by atoms with Crippen molar-refractivity contribution in [2.75, 3.05) is 14.2 Å². The van der Waals surface area contributed by atoms with Gasteiger partial charge < -0.3 is 14.6 Å². The van der Waals surface area contributed by atoms with Gasteiger partial charge in [0.2, 0.25) is 0 Å². The van der Waals surface area contributed by atoms with E-state index in [1.54, 1.807) is 14.2 Å². The van der Waals surface area contributed by atoms with Crippen LogP contribution in [-0.4, -0.2) is 19.3 Å². The van der Waals surface area contributed by atoms with Gasteiger partial charge in [0.25, 0.3) is 0 Å². The molecule has 0 saturated heterocycles. The maximum absolute atomic E-state index is 10.8. The number of rotatable bonds is 4. The van der Waals surface area contributed by atoms with E-state index in [1.165, 1.54) is 6.42 Å². The number of aliphatic hydroxyl groups is 1. The molecule has 0 bridgehead atoms. The van der Waals surface area contributed by atoms with Crippen molar-refractivity contribution in [3.05, 3.63) is 23.8 Å². The van der Waals surface area contributed by atoms with E-state index < -0.39 is 5.60 Å². The molecule has 1 fully saturated rings. The van der Waals surface area contributed by atoms with Crippen molar-refractivity contribution in [3.63, 3.8) is 0 Å². The lowest BCUT2D eigenvalue weighted by Crippen LogP contribution is -2.31. The van der Waals surface area contributed by atoms with Gasteiger partial charge in [0.1, 0.15) is 0 Å². The normalized spacial score (nSPS) is 27.1. The first-order chi connectivity index (χ1) is 9.12. The van der Waals surface area contributed by atoms with Crippen molar-refractivity contribution < 1.29 is 14.6 Å². The van der Waals surface area contributed by atoms with E-state index in [1.807, 2.05) is 18.2 Å². The quantitative estimate of drug-likeness (QED) is 0.904. The summed E-state index contributed by atoms with van der Waals surface area (Å²) in [6, 6.07) is 5.73. The van der Waals surface area contributed by atoms with Crippen LogP contribution in [0.15, 0.2) is 18.2 Å². The summed E-state index contributed by atoms with van der Waals surface area (Å²) in [6.07, 6.45) is 5.08. The summed E-state index contributed by atoms with van der Waals surface area (Å²) in [7, 11) is 3.25. The minimum Gasteiger partial charge on any atom is -0.493 e. The van der Waals surface area contributed by atoms with Gasteiger partial charge in [-0.05, 0) is 49.3 Å². The predicted octanol–water partition coefficient (Wildman–Crippen LogP) is 3.49. The van der Waals surface area contributed by atoms with Gasteiger partial charge >= 0.3 is 0 Å². The second-order valence-corrected chi connectivity index (χ2v) is 5.45. The maximum atomic E-state index is 10.8. The predicted molar refractivity (Wildman–Crippen MR) is 75.7 cm³/mol. The van der Waals surface area contributed by atoms with E-state index in [4.69, 9.17) is 9.47 Å². The molecule has 1 aromatic carbocycles. The Morgan fingerprint density at radius 2 is 1.79 bits per heavy atom. The zero-order valence-corrected chi connectivity index (χ0v) is 12.1. The molecule has 0 aliphatic heterocycles. The maximum Gasteiger partial charge on any atom is 0.161 e. The number of hydrogen-bond acceptors (Lipinski definition) is 3. The van der Waals surface area contributed by atoms with Crippen molar-refractivity contribution in [2.45, 2.75) is 44.6 Å². The Balaban J connectivity index is 2.21. The van der Waals surface area contributed by atoms with Crippen LogP contribution in [-0.2, 0) is 5.60 Å². The third kappa shape index (κ3) is 2.86. The summed E-state index contributed by atoms with van der Waals surface area (Å²) >= 11 is 0. The molecule has 1 saturated carbocycles. The lowest BCUT2D eigenvalue weighted by atomic mass is 9.74. The summed E-state index contributed by atoms with van der Waals surface area (Å²) in [5.41, 5.74) is 0.241. The van der Waals surface area contributed by atoms with Gasteiger partial charge in [-0.3, -0.25) is 0 Å². The fourth-order valence-corrected chi connectivity index (χ4v) is 2.98. The van der Waals surface area contributed by atoms with Gasteiger partial charge in [0.15, 0.2) is 11.5 Å². The highest BCUT2D eigenvalue weighted by Crippen LogP contribution is 2.42. The number of methoxy groups -OCH3 is 2. The first-order valence-electron chi connectivity index (χ1n) is 7.08. The Morgan fingerprint density at radius 3 is 2.32 bits per heavy atom. The van der Waals surface area contributed by atoms with Gasteiger partial charge in [-0.25, -0.2) is 0 Å². The molecule has 3 nitrogen and oxygen atoms in total. The Bertz CT molecular complexity index is 420. The molecular formula is C16H24O3. The molecule has 1 aliphatic carbocycles. The van der Waals surface area contributed by atoms with E-state index in [0.717, 1.165) is 37.2 Å². The Hall–Kier alpha value is -1.22. The smallest absolute Gasteiger partial charge is 0.161 e. The van der Waals surface area contributed by atoms with E-state index >= 15 is 0 Å². The third-order valence-electron chi connectivity index (χ3n) is 4.43. The third-order valence-corrected chi connectivity index (χ3v) is 4.43. The highest BCUT2D eigenvalue weighted by Gasteiger charge is 2.34. The van der Waals surface area contributed by atoms with Crippen LogP contribution in [0.4, 0.5) is 0 Å². The van der Waals surface area contributed by atoms with E-state index in [2.05, 4.69) is 6.92 Å². The molecule has 1 N–H and O–H groups in total. The number of ether oxygens (including phenoxy) is 2. The van der Waals surface area contributed by atoms with Gasteiger partial charge in [0, 0.05) is 0 Å². The first kappa shape index (κ1) is 14.2. The van der Waals surface area contributed by atoms with Gasteiger partial charge in [-0.1, -0.05) is 19.4 Å². The molecule has 19 heavy (non-hydrogen) atoms. The molecular weight excluding hydrogens is 240 g/mol. The molecule has 1 aliphatic rings. The highest BCUT2D eigenvalue weighted by molar-refractivity contribution is 5.44. The molecule has 0 heterocycles. The number of benzene rings is 1. The van der Waals surface area contributed by atoms with Crippen LogP contribution in [0.3, 0.4) is 0 Å². The monoisotopic (exact) mass is 264 g/mol. The van der Waals surface area contributed by atoms with E-state index in [0.29, 0.717) is 11.5 Å². The standard InChI is InChI=1S/C16H24O3/c1-4-12-7-9-16(17,10-8-12)13-5-6-14(18-2)15(11-13)19-3/h5-6,11-12,17H,4,7-10H2,1-3H3. The van der Waals surface area contributed by atoms with Gasteiger partial charge in [-0.2, -0.15) is 0 Å². The Labute approximate surface area is 115 Å². The van der Waals surface area contributed by atoms with E-state index in [-0.39, 0.29) is 0 Å². The number of hydrogen-bond donors (Lipinski definition) is 1. The van der Waals surface area contributed by atoms with E-state index in [9.17, 15) is 5.11 Å². The van der Waals surface area contributed by atoms with Crippen LogP contribution in [0, 0.1) is 5.92 Å². The summed E-state index contributed by atoms with van der Waals surface area (Å²) in [6.45, 7) is 2.23. The topological polar surface area (TPSA) is 38.7 Å². The van der Waals surface area contributed by atoms with Crippen LogP contribution >= 0.6 is 0 Å². The van der Waals surface area contributed by atoms with Crippen molar-refractivity contribution >= 4 is 0 Å². The van der Waals surface area contributed by atoms with Crippen molar-refractivity contribution in [3.8, 4) is 11.5 Å². The Kier molecular flexibility index (Phi) is 4.35. The highest BCUT2D eigenvalue weighted by atomic mass is 16.5. The van der Waals surface area contributed by atoms with Crippen molar-refractivity contribution in [1.82, 2.24) is 0 Å². The Morgan fingerprint density at radius 1 is 1.16 bits per heavy atom. The summed E-state index contributed by atoms with van der Waals surface area (Å²) in [4.78, 5) is 0. The average Bonchev–Trinajstić information content (AvgIpc) is 2.47. The SMILES string of the molecule is CCC1CCC(O)(c2ccc(OC)c(OC)c2)CC1. The zero-order valence-electron chi connectivity index (χ0n) is 12.1. The molecule has 0 amide bonds. The first-order valence-corrected chi connectivity index (χ1v) is 7.08. The second kappa shape index (κ2) is 5.83. The van der Waals surface area contributed by atoms with Gasteiger partial charge in [-0.15, -0.1) is 0 Å². The molecule has 0 aromatic heterocycles. The van der Waals surface area contributed by atoms with Crippen LogP contribution in [0.2, 0.25) is 0 Å². The van der Waals surface area contributed by atoms with Crippen LogP contribution < -0.4 is 9.47 Å². The second-order valence-electron chi connectivity index (χ2n) is 5.45. The summed E-state index contributed by atoms with van der Waals surface area (Å²) in [5, 5.41) is 10.8. The van der Waals surface area contributed by atoms with Crippen LogP contribution in [0.25, 0.3) is 0 Å². The lowest BCUT2D eigenvalue weighted by molar-refractivity contribution is -0.0147. The average molecular weight is 264 g/mol. The van der Waals surface area contributed by atoms with Gasteiger partial charge in [0.05, 0.1) is 19.8 Å². The lowest BCUT2D eigenvalue weighted by Gasteiger charge is -2.36. The fourth-order valence-electron chi connectivity index (χ4n) is 2.98. The van der Waals surface area contributed by atoms with Crippen molar-refractivity contribution in [2.24, 2.45) is 5.92 Å². The molecule has 2 rings (SSSR count). The minimum atomic E-state index is -0.703. The molecule has 0 unspecified atom stereocenters. The van der Waals surface area contributed by atoms with Crippen LogP contribution in [0.1, 0.15) is 44.6 Å². The molecule has 3 heteroatoms. The summed E-state index contributed by atoms with van der Waals surface area (Å²) < 4.78 is 10.6. The van der Waals surface area contributed by atoms with Crippen LogP contribution in [0.5, 0.6) is 11.5 Å². The molecule has 0 atom stereocenters. The largest absolute Gasteiger partial charge is 0.493 e. The van der Waals surface area contributed by atoms with Crippen molar-refractivity contribution in [1.29, 1.82) is 0 Å². The fraction of sp³-hybridized carbons (Fsp3) is 0.625. The zero-order chi connectivity index (χ0) is 13.9. The summed E-state index contributed by atoms with van der Waals surface area (Å²) in [5.74, 6) is 2.16. The molecule has 0 spiro atoms. The molecule has 0 radical (unpaired) electrons. The minimum absolute atomic E-state index is 0.686.